The molecule has 4 amide bonds. The molecule has 1 aromatic carbocycles. The standard InChI is InChI=1S/C21H27N5O4/c22-8-1-2-9-24-10-12-25(13-11-24)15-5-3-4-14-18(15)21(30)26(20(14)29)16-6-7-17(27)23-19(16)28/h3-5,16H,1-2,6-13,22H2,(H,23,27,28). The Hall–Kier alpha value is -2.78. The summed E-state index contributed by atoms with van der Waals surface area (Å²) in [5.41, 5.74) is 7.00. The number of nitrogens with zero attached hydrogens (tertiary/aromatic N) is 3. The fraction of sp³-hybridized carbons (Fsp3) is 0.524. The molecule has 3 aliphatic rings. The number of piperazine rings is 1. The van der Waals surface area contributed by atoms with Gasteiger partial charge in [-0.05, 0) is 44.5 Å². The number of hydrogen-bond donors (Lipinski definition) is 2. The summed E-state index contributed by atoms with van der Waals surface area (Å²) in [6.07, 6.45) is 2.36. The van der Waals surface area contributed by atoms with Crippen LogP contribution in [0.3, 0.4) is 0 Å². The van der Waals surface area contributed by atoms with Crippen LogP contribution in [0, 0.1) is 0 Å². The fourth-order valence-electron chi connectivity index (χ4n) is 4.45. The van der Waals surface area contributed by atoms with Gasteiger partial charge in [-0.3, -0.25) is 34.3 Å². The van der Waals surface area contributed by atoms with Crippen LogP contribution in [0.25, 0.3) is 0 Å². The molecule has 9 heteroatoms. The summed E-state index contributed by atoms with van der Waals surface area (Å²) in [7, 11) is 0. The Labute approximate surface area is 175 Å². The molecule has 30 heavy (non-hydrogen) atoms. The second-order valence-electron chi connectivity index (χ2n) is 7.97. The lowest BCUT2D eigenvalue weighted by molar-refractivity contribution is -0.136. The number of fused-ring (bicyclic) bond motifs is 1. The lowest BCUT2D eigenvalue weighted by atomic mass is 10.0. The number of hydrogen-bond acceptors (Lipinski definition) is 7. The van der Waals surface area contributed by atoms with Crippen molar-refractivity contribution in [2.75, 3.05) is 44.2 Å². The van der Waals surface area contributed by atoms with Crippen molar-refractivity contribution >= 4 is 29.3 Å². The molecule has 0 radical (unpaired) electrons. The molecule has 3 N–H and O–H groups in total. The average molecular weight is 413 g/mol. The summed E-state index contributed by atoms with van der Waals surface area (Å²) in [5, 5.41) is 2.23. The third-order valence-electron chi connectivity index (χ3n) is 6.09. The van der Waals surface area contributed by atoms with E-state index in [9.17, 15) is 19.2 Å². The van der Waals surface area contributed by atoms with E-state index in [1.807, 2.05) is 6.07 Å². The number of benzene rings is 1. The first-order valence-corrected chi connectivity index (χ1v) is 10.5. The highest BCUT2D eigenvalue weighted by molar-refractivity contribution is 6.25. The predicted molar refractivity (Wildman–Crippen MR) is 110 cm³/mol. The second kappa shape index (κ2) is 8.53. The van der Waals surface area contributed by atoms with E-state index < -0.39 is 23.8 Å². The maximum atomic E-state index is 13.2. The number of nitrogens with two attached hydrogens (primary N) is 1. The van der Waals surface area contributed by atoms with Gasteiger partial charge in [-0.15, -0.1) is 0 Å². The normalized spacial score (nSPS) is 22.5. The van der Waals surface area contributed by atoms with Gasteiger partial charge >= 0.3 is 0 Å². The molecule has 2 fully saturated rings. The van der Waals surface area contributed by atoms with Gasteiger partial charge in [0, 0.05) is 32.6 Å². The molecule has 0 spiro atoms. The van der Waals surface area contributed by atoms with E-state index in [1.165, 1.54) is 0 Å². The lowest BCUT2D eigenvalue weighted by Crippen LogP contribution is -2.54. The van der Waals surface area contributed by atoms with E-state index in [1.54, 1.807) is 12.1 Å². The SMILES string of the molecule is NCCCCN1CCN(c2cccc3c2C(=O)N(C2CCC(=O)NC2=O)C3=O)CC1. The molecule has 1 aromatic rings. The zero-order chi connectivity index (χ0) is 21.3. The molecule has 9 nitrogen and oxygen atoms in total. The summed E-state index contributed by atoms with van der Waals surface area (Å²) in [5.74, 6) is -1.89. The first-order valence-electron chi connectivity index (χ1n) is 10.5. The Bertz CT molecular complexity index is 878. The van der Waals surface area contributed by atoms with Gasteiger partial charge in [0.15, 0.2) is 0 Å². The Kier molecular flexibility index (Phi) is 5.83. The number of piperidine rings is 1. The van der Waals surface area contributed by atoms with E-state index in [-0.39, 0.29) is 18.7 Å². The molecular weight excluding hydrogens is 386 g/mol. The summed E-state index contributed by atoms with van der Waals surface area (Å²) < 4.78 is 0. The van der Waals surface area contributed by atoms with Gasteiger partial charge in [0.05, 0.1) is 16.8 Å². The molecule has 1 atom stereocenters. The highest BCUT2D eigenvalue weighted by Gasteiger charge is 2.46. The Balaban J connectivity index is 1.51. The van der Waals surface area contributed by atoms with E-state index in [0.717, 1.165) is 56.2 Å². The van der Waals surface area contributed by atoms with Crippen molar-refractivity contribution in [2.45, 2.75) is 31.7 Å². The van der Waals surface area contributed by atoms with Crippen LogP contribution in [0.5, 0.6) is 0 Å². The number of anilines is 1. The number of nitrogens with one attached hydrogen (secondary N) is 1. The number of carbonyl (C=O) groups is 4. The third kappa shape index (κ3) is 3.70. The first kappa shape index (κ1) is 20.5. The minimum absolute atomic E-state index is 0.114. The largest absolute Gasteiger partial charge is 0.368 e. The average Bonchev–Trinajstić information content (AvgIpc) is 3.00. The zero-order valence-corrected chi connectivity index (χ0v) is 16.9. The lowest BCUT2D eigenvalue weighted by Gasteiger charge is -2.36. The van der Waals surface area contributed by atoms with Gasteiger partial charge in [-0.1, -0.05) is 6.07 Å². The van der Waals surface area contributed by atoms with E-state index >= 15 is 0 Å². The van der Waals surface area contributed by atoms with Gasteiger partial charge in [0.25, 0.3) is 11.8 Å². The van der Waals surface area contributed by atoms with Gasteiger partial charge in [0.2, 0.25) is 11.8 Å². The number of rotatable bonds is 6. The van der Waals surface area contributed by atoms with E-state index in [4.69, 9.17) is 5.73 Å². The molecule has 3 aliphatic heterocycles. The minimum Gasteiger partial charge on any atom is -0.368 e. The van der Waals surface area contributed by atoms with Crippen molar-refractivity contribution in [3.05, 3.63) is 29.3 Å². The quantitative estimate of drug-likeness (QED) is 0.496. The van der Waals surface area contributed by atoms with E-state index in [2.05, 4.69) is 15.1 Å². The minimum atomic E-state index is -0.942. The predicted octanol–water partition coefficient (Wildman–Crippen LogP) is -0.0513. The molecule has 0 aliphatic carbocycles. The van der Waals surface area contributed by atoms with Crippen LogP contribution in [0.2, 0.25) is 0 Å². The smallest absolute Gasteiger partial charge is 0.264 e. The molecule has 0 saturated carbocycles. The zero-order valence-electron chi connectivity index (χ0n) is 16.9. The summed E-state index contributed by atoms with van der Waals surface area (Å²) in [4.78, 5) is 55.5. The van der Waals surface area contributed by atoms with Crippen molar-refractivity contribution in [2.24, 2.45) is 5.73 Å². The van der Waals surface area contributed by atoms with Gasteiger partial charge in [-0.25, -0.2) is 0 Å². The van der Waals surface area contributed by atoms with Crippen LogP contribution in [-0.4, -0.2) is 78.7 Å². The highest BCUT2D eigenvalue weighted by Crippen LogP contribution is 2.34. The summed E-state index contributed by atoms with van der Waals surface area (Å²) in [6.45, 7) is 5.01. The Morgan fingerprint density at radius 1 is 1.00 bits per heavy atom. The summed E-state index contributed by atoms with van der Waals surface area (Å²) in [6, 6.07) is 4.33. The Morgan fingerprint density at radius 2 is 1.77 bits per heavy atom. The molecule has 3 heterocycles. The molecule has 0 bridgehead atoms. The van der Waals surface area contributed by atoms with Gasteiger partial charge in [-0.2, -0.15) is 0 Å². The van der Waals surface area contributed by atoms with Gasteiger partial charge in [0.1, 0.15) is 6.04 Å². The van der Waals surface area contributed by atoms with Crippen LogP contribution in [0.1, 0.15) is 46.4 Å². The van der Waals surface area contributed by atoms with Crippen LogP contribution < -0.4 is 16.0 Å². The van der Waals surface area contributed by atoms with Crippen LogP contribution in [-0.2, 0) is 9.59 Å². The number of carbonyl (C=O) groups excluding carboxylic acids is 4. The van der Waals surface area contributed by atoms with Crippen LogP contribution in [0.15, 0.2) is 18.2 Å². The number of imide groups is 2. The molecular formula is C21H27N5O4. The fourth-order valence-corrected chi connectivity index (χ4v) is 4.45. The van der Waals surface area contributed by atoms with Crippen molar-refractivity contribution in [1.29, 1.82) is 0 Å². The van der Waals surface area contributed by atoms with Crippen molar-refractivity contribution in [3.8, 4) is 0 Å². The third-order valence-corrected chi connectivity index (χ3v) is 6.09. The first-order chi connectivity index (χ1) is 14.5. The van der Waals surface area contributed by atoms with Crippen LogP contribution >= 0.6 is 0 Å². The molecule has 4 rings (SSSR count). The Morgan fingerprint density at radius 3 is 2.47 bits per heavy atom. The van der Waals surface area contributed by atoms with Crippen LogP contribution in [0.4, 0.5) is 5.69 Å². The van der Waals surface area contributed by atoms with Crippen molar-refractivity contribution in [1.82, 2.24) is 15.1 Å². The highest BCUT2D eigenvalue weighted by atomic mass is 16.2. The molecule has 1 unspecified atom stereocenters. The topological polar surface area (TPSA) is 116 Å². The van der Waals surface area contributed by atoms with Gasteiger partial charge < -0.3 is 10.6 Å². The number of unbranched alkanes of at least 4 members (excludes halogenated alkanes) is 1. The molecule has 160 valence electrons. The maximum absolute atomic E-state index is 13.2. The van der Waals surface area contributed by atoms with Crippen molar-refractivity contribution in [3.63, 3.8) is 0 Å². The monoisotopic (exact) mass is 413 g/mol. The number of amides is 4. The maximum Gasteiger partial charge on any atom is 0.264 e. The second-order valence-corrected chi connectivity index (χ2v) is 7.97. The molecule has 0 aromatic heterocycles. The summed E-state index contributed by atoms with van der Waals surface area (Å²) >= 11 is 0. The van der Waals surface area contributed by atoms with E-state index in [0.29, 0.717) is 17.7 Å². The molecule has 2 saturated heterocycles. The van der Waals surface area contributed by atoms with Crippen molar-refractivity contribution < 1.29 is 19.2 Å².